The number of nitrogens with zero attached hydrogens (tertiary/aromatic N) is 3. The number of carbonyl (C=O) groups is 2. The molecule has 2 heterocycles. The van der Waals surface area contributed by atoms with Crippen LogP contribution in [0.2, 0.25) is 5.02 Å². The average molecular weight is 592 g/mol. The van der Waals surface area contributed by atoms with E-state index in [1.54, 1.807) is 54.4 Å². The number of likely N-dealkylation sites (N-methyl/N-ethyl adjacent to an activating group) is 1. The smallest absolute Gasteiger partial charge is 0.335 e. The van der Waals surface area contributed by atoms with Gasteiger partial charge in [-0.1, -0.05) is 29.8 Å². The number of aromatic nitrogens is 2. The fraction of sp³-hybridized carbons (Fsp3) is 0.281. The van der Waals surface area contributed by atoms with E-state index in [1.807, 2.05) is 23.6 Å². The van der Waals surface area contributed by atoms with Crippen molar-refractivity contribution < 1.29 is 28.6 Å². The number of imidazole rings is 1. The minimum Gasteiger partial charge on any atom is -0.489 e. The van der Waals surface area contributed by atoms with Crippen LogP contribution in [0.1, 0.15) is 47.1 Å². The summed E-state index contributed by atoms with van der Waals surface area (Å²) in [5.74, 6) is -0.476. The van der Waals surface area contributed by atoms with Gasteiger partial charge in [-0.05, 0) is 73.4 Å². The standard InChI is InChI=1S/C32H31ClFN3O5/c1-20(21-5-3-6-25(14-21)42-19-23-8-10-24(33)16-27(23)34)13-31(38)36(2)18-30-35-28-11-9-22(32(39)40)15-29(28)37(30)17-26-7-4-12-41-26/h3,5-6,8-11,13-16,26H,4,7,12,17-19H2,1-2H3,(H,39,40)/b20-13+. The second kappa shape index (κ2) is 12.8. The van der Waals surface area contributed by atoms with E-state index in [0.29, 0.717) is 46.3 Å². The molecule has 1 saturated heterocycles. The van der Waals surface area contributed by atoms with E-state index in [-0.39, 0.29) is 30.7 Å². The van der Waals surface area contributed by atoms with Gasteiger partial charge in [-0.2, -0.15) is 0 Å². The number of hydrogen-bond acceptors (Lipinski definition) is 5. The molecule has 10 heteroatoms. The first-order valence-corrected chi connectivity index (χ1v) is 14.0. The largest absolute Gasteiger partial charge is 0.489 e. The number of carbonyl (C=O) groups excluding carboxylic acids is 1. The van der Waals surface area contributed by atoms with E-state index >= 15 is 0 Å². The van der Waals surface area contributed by atoms with Crippen LogP contribution in [0.5, 0.6) is 5.75 Å². The van der Waals surface area contributed by atoms with E-state index in [9.17, 15) is 19.1 Å². The molecule has 0 spiro atoms. The Bertz CT molecular complexity index is 1660. The lowest BCUT2D eigenvalue weighted by Gasteiger charge is -2.19. The zero-order valence-electron chi connectivity index (χ0n) is 23.3. The van der Waals surface area contributed by atoms with Gasteiger partial charge < -0.3 is 24.0 Å². The number of carboxylic acids is 1. The lowest BCUT2D eigenvalue weighted by atomic mass is 10.1. The first kappa shape index (κ1) is 29.3. The molecular formula is C32H31ClFN3O5. The highest BCUT2D eigenvalue weighted by molar-refractivity contribution is 6.30. The maximum Gasteiger partial charge on any atom is 0.335 e. The van der Waals surface area contributed by atoms with Crippen molar-refractivity contribution in [1.29, 1.82) is 0 Å². The highest BCUT2D eigenvalue weighted by atomic mass is 35.5. The van der Waals surface area contributed by atoms with E-state index in [2.05, 4.69) is 0 Å². The molecule has 42 heavy (non-hydrogen) atoms. The van der Waals surface area contributed by atoms with Crippen molar-refractivity contribution in [2.45, 2.75) is 45.6 Å². The monoisotopic (exact) mass is 591 g/mol. The summed E-state index contributed by atoms with van der Waals surface area (Å²) in [7, 11) is 1.70. The third-order valence-electron chi connectivity index (χ3n) is 7.28. The van der Waals surface area contributed by atoms with Gasteiger partial charge in [0.2, 0.25) is 5.91 Å². The summed E-state index contributed by atoms with van der Waals surface area (Å²) < 4.78 is 27.7. The predicted octanol–water partition coefficient (Wildman–Crippen LogP) is 6.35. The summed E-state index contributed by atoms with van der Waals surface area (Å²) in [6, 6.07) is 16.5. The summed E-state index contributed by atoms with van der Waals surface area (Å²) in [5, 5.41) is 9.82. The Morgan fingerprint density at radius 1 is 1.19 bits per heavy atom. The van der Waals surface area contributed by atoms with Gasteiger partial charge in [0, 0.05) is 30.3 Å². The highest BCUT2D eigenvalue weighted by Gasteiger charge is 2.22. The number of hydrogen-bond donors (Lipinski definition) is 1. The molecule has 8 nitrogen and oxygen atoms in total. The van der Waals surface area contributed by atoms with Crippen molar-refractivity contribution in [3.8, 4) is 5.75 Å². The van der Waals surface area contributed by atoms with Crippen LogP contribution in [0, 0.1) is 5.82 Å². The molecule has 4 aromatic rings. The van der Waals surface area contributed by atoms with Crippen molar-refractivity contribution >= 4 is 40.1 Å². The van der Waals surface area contributed by atoms with Gasteiger partial charge in [0.25, 0.3) is 0 Å². The molecule has 3 aromatic carbocycles. The maximum absolute atomic E-state index is 14.1. The van der Waals surface area contributed by atoms with Crippen LogP contribution < -0.4 is 4.74 Å². The first-order valence-electron chi connectivity index (χ1n) is 13.6. The molecule has 1 aromatic heterocycles. The van der Waals surface area contributed by atoms with Crippen LogP contribution in [-0.4, -0.2) is 51.2 Å². The maximum atomic E-state index is 14.1. The molecule has 0 aliphatic carbocycles. The zero-order valence-corrected chi connectivity index (χ0v) is 24.1. The van der Waals surface area contributed by atoms with Crippen molar-refractivity contribution in [1.82, 2.24) is 14.5 Å². The van der Waals surface area contributed by atoms with Crippen LogP contribution in [0.15, 0.2) is 66.7 Å². The summed E-state index contributed by atoms with van der Waals surface area (Å²) >= 11 is 5.83. The van der Waals surface area contributed by atoms with E-state index in [4.69, 9.17) is 26.1 Å². The van der Waals surface area contributed by atoms with E-state index < -0.39 is 11.8 Å². The molecule has 1 aliphatic rings. The van der Waals surface area contributed by atoms with Crippen molar-refractivity contribution in [2.75, 3.05) is 13.7 Å². The van der Waals surface area contributed by atoms with Crippen molar-refractivity contribution in [3.63, 3.8) is 0 Å². The van der Waals surface area contributed by atoms with Crippen LogP contribution >= 0.6 is 11.6 Å². The Morgan fingerprint density at radius 3 is 2.76 bits per heavy atom. The fourth-order valence-electron chi connectivity index (χ4n) is 4.92. The quantitative estimate of drug-likeness (QED) is 0.216. The molecule has 0 radical (unpaired) electrons. The molecule has 0 bridgehead atoms. The van der Waals surface area contributed by atoms with Gasteiger partial charge in [0.15, 0.2) is 0 Å². The van der Waals surface area contributed by atoms with Gasteiger partial charge in [-0.3, -0.25) is 4.79 Å². The topological polar surface area (TPSA) is 93.9 Å². The molecule has 1 aliphatic heterocycles. The number of halogens is 2. The minimum absolute atomic E-state index is 0.00321. The third-order valence-corrected chi connectivity index (χ3v) is 7.51. The Labute approximate surface area is 247 Å². The third kappa shape index (κ3) is 6.80. The minimum atomic E-state index is -1.01. The Hall–Kier alpha value is -4.21. The van der Waals surface area contributed by atoms with Gasteiger partial charge >= 0.3 is 5.97 Å². The molecule has 1 amide bonds. The van der Waals surface area contributed by atoms with E-state index in [1.165, 1.54) is 12.1 Å². The summed E-state index contributed by atoms with van der Waals surface area (Å²) in [4.78, 5) is 31.1. The molecule has 1 fully saturated rings. The van der Waals surface area contributed by atoms with Gasteiger partial charge in [-0.15, -0.1) is 0 Å². The van der Waals surface area contributed by atoms with Gasteiger partial charge in [0.1, 0.15) is 24.0 Å². The summed E-state index contributed by atoms with van der Waals surface area (Å²) in [5.41, 5.74) is 3.44. The number of fused-ring (bicyclic) bond motifs is 1. The number of allylic oxidation sites excluding steroid dienone is 1. The number of ether oxygens (including phenoxy) is 2. The molecule has 1 atom stereocenters. The first-order chi connectivity index (χ1) is 20.2. The Kier molecular flexibility index (Phi) is 8.89. The molecule has 0 saturated carbocycles. The summed E-state index contributed by atoms with van der Waals surface area (Å²) in [6.45, 7) is 3.32. The Balaban J connectivity index is 1.31. The zero-order chi connectivity index (χ0) is 29.8. The SMILES string of the molecule is C/C(=C\C(=O)N(C)Cc1nc2ccc(C(=O)O)cc2n1CC1CCCO1)c1cccc(OCc2ccc(Cl)cc2F)c1. The van der Waals surface area contributed by atoms with Crippen LogP contribution in [0.25, 0.3) is 16.6 Å². The number of amides is 1. The van der Waals surface area contributed by atoms with E-state index in [0.717, 1.165) is 24.0 Å². The molecule has 1 unspecified atom stereocenters. The van der Waals surface area contributed by atoms with Crippen molar-refractivity contribution in [3.05, 3.63) is 100 Å². The summed E-state index contributed by atoms with van der Waals surface area (Å²) in [6.07, 6.45) is 3.43. The predicted molar refractivity (Wildman–Crippen MR) is 158 cm³/mol. The number of benzene rings is 3. The van der Waals surface area contributed by atoms with Crippen LogP contribution in [0.4, 0.5) is 4.39 Å². The van der Waals surface area contributed by atoms with Crippen LogP contribution in [-0.2, 0) is 29.2 Å². The van der Waals surface area contributed by atoms with Gasteiger partial charge in [0.05, 0.1) is 35.8 Å². The number of carboxylic acid groups (broad SMARTS) is 1. The number of aromatic carboxylic acids is 1. The fourth-order valence-corrected chi connectivity index (χ4v) is 5.08. The Morgan fingerprint density at radius 2 is 2.02 bits per heavy atom. The lowest BCUT2D eigenvalue weighted by molar-refractivity contribution is -0.125. The van der Waals surface area contributed by atoms with Crippen molar-refractivity contribution in [2.24, 2.45) is 0 Å². The lowest BCUT2D eigenvalue weighted by Crippen LogP contribution is -2.27. The number of rotatable bonds is 10. The molecule has 5 rings (SSSR count). The molecular weight excluding hydrogens is 561 g/mol. The normalized spacial score (nSPS) is 15.2. The van der Waals surface area contributed by atoms with Gasteiger partial charge in [-0.25, -0.2) is 14.2 Å². The van der Waals surface area contributed by atoms with Crippen LogP contribution in [0.3, 0.4) is 0 Å². The molecule has 1 N–H and O–H groups in total. The second-order valence-corrected chi connectivity index (χ2v) is 10.8. The highest BCUT2D eigenvalue weighted by Crippen LogP contribution is 2.25. The average Bonchev–Trinajstić information content (AvgIpc) is 3.60. The second-order valence-electron chi connectivity index (χ2n) is 10.4. The molecule has 218 valence electrons.